The number of aromatic nitrogens is 3. The summed E-state index contributed by atoms with van der Waals surface area (Å²) in [5.74, 6) is 0.872. The molecular formula is C17H27N5O2. The van der Waals surface area contributed by atoms with Crippen molar-refractivity contribution >= 4 is 0 Å². The zero-order valence-electron chi connectivity index (χ0n) is 14.9. The van der Waals surface area contributed by atoms with Gasteiger partial charge in [0.1, 0.15) is 5.69 Å². The molecule has 0 bridgehead atoms. The molecule has 0 aliphatic carbocycles. The van der Waals surface area contributed by atoms with Gasteiger partial charge in [-0.05, 0) is 20.8 Å². The Morgan fingerprint density at radius 1 is 1.38 bits per heavy atom. The lowest BCUT2D eigenvalue weighted by Crippen LogP contribution is -2.54. The van der Waals surface area contributed by atoms with Crippen LogP contribution < -0.4 is 0 Å². The van der Waals surface area contributed by atoms with Crippen LogP contribution in [0.3, 0.4) is 0 Å². The molecule has 3 heterocycles. The van der Waals surface area contributed by atoms with Crippen LogP contribution in [0.15, 0.2) is 23.0 Å². The molecule has 0 spiro atoms. The van der Waals surface area contributed by atoms with E-state index in [0.29, 0.717) is 12.6 Å². The molecule has 0 amide bonds. The quantitative estimate of drug-likeness (QED) is 0.891. The maximum Gasteiger partial charge on any atom is 0.151 e. The van der Waals surface area contributed by atoms with Crippen LogP contribution in [0.1, 0.15) is 26.5 Å². The van der Waals surface area contributed by atoms with Gasteiger partial charge in [0, 0.05) is 57.1 Å². The minimum absolute atomic E-state index is 0.410. The molecule has 1 fully saturated rings. The molecule has 0 aromatic carbocycles. The molecule has 1 unspecified atom stereocenters. The summed E-state index contributed by atoms with van der Waals surface area (Å²) in [4.78, 5) is 4.72. The zero-order chi connectivity index (χ0) is 17.3. The first-order valence-electron chi connectivity index (χ1n) is 8.43. The molecule has 1 aliphatic rings. The second kappa shape index (κ2) is 6.66. The van der Waals surface area contributed by atoms with E-state index in [4.69, 9.17) is 4.52 Å². The Labute approximate surface area is 142 Å². The summed E-state index contributed by atoms with van der Waals surface area (Å²) in [5, 5.41) is 18.3. The van der Waals surface area contributed by atoms with E-state index in [1.807, 2.05) is 33.2 Å². The summed E-state index contributed by atoms with van der Waals surface area (Å²) in [7, 11) is 1.89. The first-order valence-corrected chi connectivity index (χ1v) is 8.43. The van der Waals surface area contributed by atoms with Gasteiger partial charge in [-0.25, -0.2) is 0 Å². The fourth-order valence-corrected chi connectivity index (χ4v) is 3.27. The summed E-state index contributed by atoms with van der Waals surface area (Å²) in [6.07, 6.45) is 3.72. The van der Waals surface area contributed by atoms with Crippen LogP contribution in [0, 0.1) is 0 Å². The summed E-state index contributed by atoms with van der Waals surface area (Å²) >= 11 is 0. The van der Waals surface area contributed by atoms with E-state index in [-0.39, 0.29) is 0 Å². The maximum absolute atomic E-state index is 9.98. The highest BCUT2D eigenvalue weighted by Gasteiger charge is 2.27. The number of piperazine rings is 1. The van der Waals surface area contributed by atoms with E-state index in [2.05, 4.69) is 27.0 Å². The Hall–Kier alpha value is -1.70. The summed E-state index contributed by atoms with van der Waals surface area (Å²) < 4.78 is 7.26. The Kier molecular flexibility index (Phi) is 4.76. The fourth-order valence-electron chi connectivity index (χ4n) is 3.27. The Bertz CT molecular complexity index is 673. The van der Waals surface area contributed by atoms with E-state index in [1.54, 1.807) is 10.9 Å². The molecule has 0 radical (unpaired) electrons. The molecule has 3 rings (SSSR count). The van der Waals surface area contributed by atoms with Gasteiger partial charge in [-0.15, -0.1) is 0 Å². The molecular weight excluding hydrogens is 306 g/mol. The smallest absolute Gasteiger partial charge is 0.151 e. The van der Waals surface area contributed by atoms with Gasteiger partial charge in [-0.1, -0.05) is 5.16 Å². The van der Waals surface area contributed by atoms with Crippen molar-refractivity contribution in [1.29, 1.82) is 0 Å². The lowest BCUT2D eigenvalue weighted by Gasteiger charge is -2.41. The van der Waals surface area contributed by atoms with Gasteiger partial charge in [0.15, 0.2) is 5.76 Å². The van der Waals surface area contributed by atoms with Gasteiger partial charge >= 0.3 is 0 Å². The average molecular weight is 333 g/mol. The highest BCUT2D eigenvalue weighted by Crippen LogP contribution is 2.21. The van der Waals surface area contributed by atoms with Crippen LogP contribution in [0.25, 0.3) is 11.3 Å². The second-order valence-corrected chi connectivity index (χ2v) is 7.45. The lowest BCUT2D eigenvalue weighted by molar-refractivity contribution is 0.000251. The molecule has 2 aromatic heterocycles. The van der Waals surface area contributed by atoms with Gasteiger partial charge in [-0.3, -0.25) is 14.5 Å². The maximum atomic E-state index is 9.98. The summed E-state index contributed by atoms with van der Waals surface area (Å²) in [6.45, 7) is 10.3. The predicted molar refractivity (Wildman–Crippen MR) is 91.3 cm³/mol. The van der Waals surface area contributed by atoms with E-state index >= 15 is 0 Å². The van der Waals surface area contributed by atoms with Crippen LogP contribution in [0.5, 0.6) is 0 Å². The normalized spacial score (nSPS) is 20.6. The minimum Gasteiger partial charge on any atom is -0.389 e. The third-order valence-corrected chi connectivity index (χ3v) is 4.38. The largest absolute Gasteiger partial charge is 0.389 e. The highest BCUT2D eigenvalue weighted by atomic mass is 16.5. The number of aryl methyl sites for hydroxylation is 1. The molecule has 7 nitrogen and oxygen atoms in total. The lowest BCUT2D eigenvalue weighted by atomic mass is 10.1. The molecule has 1 atom stereocenters. The van der Waals surface area contributed by atoms with Crippen LogP contribution in [0.2, 0.25) is 0 Å². The number of hydrogen-bond donors (Lipinski definition) is 1. The number of nitrogens with zero attached hydrogens (tertiary/aromatic N) is 5. The van der Waals surface area contributed by atoms with Gasteiger partial charge in [0.05, 0.1) is 18.3 Å². The molecule has 132 valence electrons. The first-order chi connectivity index (χ1) is 11.3. The number of hydrogen-bond acceptors (Lipinski definition) is 6. The third-order valence-electron chi connectivity index (χ3n) is 4.38. The van der Waals surface area contributed by atoms with Gasteiger partial charge in [-0.2, -0.15) is 5.10 Å². The zero-order valence-corrected chi connectivity index (χ0v) is 14.9. The molecule has 7 heteroatoms. The Balaban J connectivity index is 1.58. The average Bonchev–Trinajstić information content (AvgIpc) is 3.09. The SMILES string of the molecule is CC1CN(CC(C)(C)O)CCN1Cc1cc(-c2cnn(C)c2)no1. The van der Waals surface area contributed by atoms with Crippen molar-refractivity contribution in [1.82, 2.24) is 24.7 Å². The monoisotopic (exact) mass is 333 g/mol. The van der Waals surface area contributed by atoms with Crippen molar-refractivity contribution < 1.29 is 9.63 Å². The molecule has 24 heavy (non-hydrogen) atoms. The van der Waals surface area contributed by atoms with Crippen LogP contribution in [-0.4, -0.2) is 67.7 Å². The topological polar surface area (TPSA) is 70.6 Å². The minimum atomic E-state index is -0.647. The molecule has 1 saturated heterocycles. The van der Waals surface area contributed by atoms with E-state index in [0.717, 1.165) is 43.2 Å². The molecule has 1 N–H and O–H groups in total. The Morgan fingerprint density at radius 3 is 2.79 bits per heavy atom. The van der Waals surface area contributed by atoms with Crippen LogP contribution in [0.4, 0.5) is 0 Å². The van der Waals surface area contributed by atoms with E-state index < -0.39 is 5.60 Å². The van der Waals surface area contributed by atoms with Crippen molar-refractivity contribution in [3.8, 4) is 11.3 Å². The molecule has 2 aromatic rings. The van der Waals surface area contributed by atoms with Gasteiger partial charge < -0.3 is 9.63 Å². The van der Waals surface area contributed by atoms with Gasteiger partial charge in [0.25, 0.3) is 0 Å². The van der Waals surface area contributed by atoms with Gasteiger partial charge in [0.2, 0.25) is 0 Å². The van der Waals surface area contributed by atoms with E-state index in [1.165, 1.54) is 0 Å². The Morgan fingerprint density at radius 2 is 2.17 bits per heavy atom. The number of aliphatic hydroxyl groups is 1. The summed E-state index contributed by atoms with van der Waals surface area (Å²) in [5.41, 5.74) is 1.15. The molecule has 1 aliphatic heterocycles. The van der Waals surface area contributed by atoms with Crippen molar-refractivity contribution in [2.24, 2.45) is 7.05 Å². The van der Waals surface area contributed by atoms with Crippen molar-refractivity contribution in [2.75, 3.05) is 26.2 Å². The summed E-state index contributed by atoms with van der Waals surface area (Å²) in [6, 6.07) is 2.40. The van der Waals surface area contributed by atoms with Crippen LogP contribution in [-0.2, 0) is 13.6 Å². The van der Waals surface area contributed by atoms with Crippen molar-refractivity contribution in [2.45, 2.75) is 39.0 Å². The third kappa shape index (κ3) is 4.23. The van der Waals surface area contributed by atoms with Crippen molar-refractivity contribution in [3.63, 3.8) is 0 Å². The first kappa shape index (κ1) is 17.1. The predicted octanol–water partition coefficient (Wildman–Crippen LogP) is 1.35. The standard InChI is InChI=1S/C17H27N5O2/c1-13-9-21(12-17(2,3)23)5-6-22(13)11-15-7-16(19-24-15)14-8-18-20(4)10-14/h7-8,10,13,23H,5-6,9,11-12H2,1-4H3. The second-order valence-electron chi connectivity index (χ2n) is 7.45. The van der Waals surface area contributed by atoms with Crippen molar-refractivity contribution in [3.05, 3.63) is 24.2 Å². The highest BCUT2D eigenvalue weighted by molar-refractivity contribution is 5.56. The number of rotatable bonds is 5. The van der Waals surface area contributed by atoms with Crippen LogP contribution >= 0.6 is 0 Å². The number of β-amino-alcohol motifs (C(OH)–C–C–N with tert-alkyl or cyclic N) is 1. The van der Waals surface area contributed by atoms with E-state index in [9.17, 15) is 5.11 Å². The molecule has 0 saturated carbocycles. The fraction of sp³-hybridized carbons (Fsp3) is 0.647.